The highest BCUT2D eigenvalue weighted by molar-refractivity contribution is 7.21. The molecule has 18 heavy (non-hydrogen) atoms. The van der Waals surface area contributed by atoms with Crippen molar-refractivity contribution in [1.82, 2.24) is 9.97 Å². The number of hydrogen-bond acceptors (Lipinski definition) is 5. The third-order valence-electron chi connectivity index (χ3n) is 2.33. The Morgan fingerprint density at radius 2 is 1.94 bits per heavy atom. The van der Waals surface area contributed by atoms with E-state index in [4.69, 9.17) is 0 Å². The van der Waals surface area contributed by atoms with Gasteiger partial charge in [0.05, 0.1) is 5.69 Å². The highest BCUT2D eigenvalue weighted by Crippen LogP contribution is 2.35. The molecular weight excluding hydrogens is 268 g/mol. The lowest BCUT2D eigenvalue weighted by Gasteiger charge is -2.15. The van der Waals surface area contributed by atoms with E-state index in [9.17, 15) is 9.90 Å². The van der Waals surface area contributed by atoms with Crippen molar-refractivity contribution >= 4 is 28.6 Å². The zero-order chi connectivity index (χ0) is 13.5. The second-order valence-electron chi connectivity index (χ2n) is 5.05. The number of rotatable bonds is 2. The van der Waals surface area contributed by atoms with E-state index in [0.717, 1.165) is 10.7 Å². The van der Waals surface area contributed by atoms with E-state index in [0.29, 0.717) is 15.6 Å². The molecule has 0 saturated carbocycles. The Labute approximate surface area is 113 Å². The van der Waals surface area contributed by atoms with Gasteiger partial charge in [-0.15, -0.1) is 22.7 Å². The Bertz CT molecular complexity index is 593. The lowest BCUT2D eigenvalue weighted by molar-refractivity contribution is 0.0699. The maximum absolute atomic E-state index is 11.3. The van der Waals surface area contributed by atoms with Crippen molar-refractivity contribution in [2.75, 3.05) is 0 Å². The van der Waals surface area contributed by atoms with E-state index in [2.05, 4.69) is 9.97 Å². The summed E-state index contributed by atoms with van der Waals surface area (Å²) in [7, 11) is 0. The van der Waals surface area contributed by atoms with Crippen LogP contribution in [0.15, 0.2) is 5.38 Å². The molecule has 0 aromatic carbocycles. The number of nitrogens with zero attached hydrogens (tertiary/aromatic N) is 2. The van der Waals surface area contributed by atoms with Crippen molar-refractivity contribution in [1.29, 1.82) is 0 Å². The molecule has 0 unspecified atom stereocenters. The van der Waals surface area contributed by atoms with Gasteiger partial charge in [0, 0.05) is 16.5 Å². The van der Waals surface area contributed by atoms with Gasteiger partial charge < -0.3 is 5.11 Å². The molecule has 96 valence electrons. The van der Waals surface area contributed by atoms with Crippen molar-refractivity contribution in [3.63, 3.8) is 0 Å². The van der Waals surface area contributed by atoms with Gasteiger partial charge in [0.25, 0.3) is 0 Å². The van der Waals surface area contributed by atoms with Crippen molar-refractivity contribution in [3.05, 3.63) is 21.6 Å². The fourth-order valence-electron chi connectivity index (χ4n) is 1.52. The quantitative estimate of drug-likeness (QED) is 0.914. The average Bonchev–Trinajstić information content (AvgIpc) is 2.81. The molecule has 0 radical (unpaired) electrons. The molecule has 0 amide bonds. The van der Waals surface area contributed by atoms with Crippen LogP contribution in [0.4, 0.5) is 0 Å². The van der Waals surface area contributed by atoms with Crippen LogP contribution in [-0.4, -0.2) is 21.0 Å². The van der Waals surface area contributed by atoms with E-state index in [-0.39, 0.29) is 5.41 Å². The van der Waals surface area contributed by atoms with Crippen LogP contribution in [0, 0.1) is 6.92 Å². The first-order valence-electron chi connectivity index (χ1n) is 5.46. The van der Waals surface area contributed by atoms with E-state index < -0.39 is 5.97 Å². The van der Waals surface area contributed by atoms with E-state index >= 15 is 0 Å². The minimum absolute atomic E-state index is 0.283. The number of aryl methyl sites for hydroxylation is 1. The van der Waals surface area contributed by atoms with Crippen LogP contribution < -0.4 is 0 Å². The normalized spacial score (nSPS) is 11.8. The molecule has 0 aliphatic rings. The van der Waals surface area contributed by atoms with Crippen LogP contribution in [0.5, 0.6) is 0 Å². The molecule has 0 bridgehead atoms. The fraction of sp³-hybridized carbons (Fsp3) is 0.417. The van der Waals surface area contributed by atoms with Crippen LogP contribution >= 0.6 is 22.7 Å². The van der Waals surface area contributed by atoms with Gasteiger partial charge in [0.1, 0.15) is 4.88 Å². The highest BCUT2D eigenvalue weighted by Gasteiger charge is 2.27. The van der Waals surface area contributed by atoms with Crippen LogP contribution in [0.1, 0.15) is 41.8 Å². The number of aromatic nitrogens is 2. The van der Waals surface area contributed by atoms with Crippen LogP contribution in [0.25, 0.3) is 10.0 Å². The highest BCUT2D eigenvalue weighted by atomic mass is 32.1. The third-order valence-corrected chi connectivity index (χ3v) is 4.48. The lowest BCUT2D eigenvalue weighted by atomic mass is 9.91. The average molecular weight is 282 g/mol. The molecule has 2 aromatic heterocycles. The van der Waals surface area contributed by atoms with Gasteiger partial charge >= 0.3 is 5.97 Å². The predicted molar refractivity (Wildman–Crippen MR) is 73.6 cm³/mol. The van der Waals surface area contributed by atoms with Gasteiger partial charge in [-0.1, -0.05) is 20.8 Å². The molecule has 4 nitrogen and oxygen atoms in total. The van der Waals surface area contributed by atoms with E-state index in [1.54, 1.807) is 0 Å². The second-order valence-corrected chi connectivity index (χ2v) is 6.90. The Balaban J connectivity index is 2.56. The lowest BCUT2D eigenvalue weighted by Crippen LogP contribution is -2.16. The Kier molecular flexibility index (Phi) is 3.25. The maximum atomic E-state index is 11.3. The first kappa shape index (κ1) is 13.2. The fourth-order valence-corrected chi connectivity index (χ4v) is 3.46. The summed E-state index contributed by atoms with van der Waals surface area (Å²) in [5.74, 6) is -0.919. The van der Waals surface area contributed by atoms with Crippen LogP contribution in [-0.2, 0) is 5.41 Å². The minimum Gasteiger partial charge on any atom is -0.477 e. The summed E-state index contributed by atoms with van der Waals surface area (Å²) in [6.07, 6.45) is 0. The second kappa shape index (κ2) is 4.44. The SMILES string of the molecule is Cc1csc(-c2nc(C(C)(C)C)c(C(=O)O)s2)n1. The first-order valence-corrected chi connectivity index (χ1v) is 7.16. The molecule has 0 aliphatic carbocycles. The molecular formula is C12H14N2O2S2. The minimum atomic E-state index is -0.919. The Morgan fingerprint density at radius 3 is 2.33 bits per heavy atom. The van der Waals surface area contributed by atoms with Crippen molar-refractivity contribution in [2.24, 2.45) is 0 Å². The van der Waals surface area contributed by atoms with E-state index in [1.807, 2.05) is 33.1 Å². The summed E-state index contributed by atoms with van der Waals surface area (Å²) >= 11 is 2.69. The molecule has 2 rings (SSSR count). The monoisotopic (exact) mass is 282 g/mol. The molecule has 0 saturated heterocycles. The number of carbonyl (C=O) groups is 1. The molecule has 2 heterocycles. The molecule has 0 aliphatic heterocycles. The summed E-state index contributed by atoms with van der Waals surface area (Å²) < 4.78 is 0. The maximum Gasteiger partial charge on any atom is 0.347 e. The molecule has 0 fully saturated rings. The number of hydrogen-bond donors (Lipinski definition) is 1. The van der Waals surface area contributed by atoms with Gasteiger partial charge in [-0.2, -0.15) is 0 Å². The topological polar surface area (TPSA) is 63.1 Å². The number of carboxylic acid groups (broad SMARTS) is 1. The predicted octanol–water partition coefficient (Wildman–Crippen LogP) is 3.57. The standard InChI is InChI=1S/C12H14N2O2S2/c1-6-5-17-9(13-6)10-14-8(12(2,3)4)7(18-10)11(15)16/h5H,1-4H3,(H,15,16). The van der Waals surface area contributed by atoms with E-state index in [1.165, 1.54) is 22.7 Å². The summed E-state index contributed by atoms with van der Waals surface area (Å²) in [5, 5.41) is 12.7. The van der Waals surface area contributed by atoms with Crippen LogP contribution in [0.2, 0.25) is 0 Å². The molecule has 0 spiro atoms. The van der Waals surface area contributed by atoms with Gasteiger partial charge in [0.15, 0.2) is 10.0 Å². The number of aromatic carboxylic acids is 1. The molecule has 6 heteroatoms. The summed E-state index contributed by atoms with van der Waals surface area (Å²) in [4.78, 5) is 20.4. The van der Waals surface area contributed by atoms with Gasteiger partial charge in [-0.05, 0) is 6.92 Å². The summed E-state index contributed by atoms with van der Waals surface area (Å²) in [6.45, 7) is 7.80. The third kappa shape index (κ3) is 2.44. The number of carboxylic acids is 1. The zero-order valence-electron chi connectivity index (χ0n) is 10.6. The van der Waals surface area contributed by atoms with Gasteiger partial charge in [0.2, 0.25) is 0 Å². The molecule has 1 N–H and O–H groups in total. The summed E-state index contributed by atoms with van der Waals surface area (Å²) in [6, 6.07) is 0. The number of thiazole rings is 2. The van der Waals surface area contributed by atoms with Crippen LogP contribution in [0.3, 0.4) is 0 Å². The first-order chi connectivity index (χ1) is 8.29. The van der Waals surface area contributed by atoms with Gasteiger partial charge in [-0.25, -0.2) is 14.8 Å². The molecule has 0 atom stereocenters. The largest absolute Gasteiger partial charge is 0.477 e. The Hall–Kier alpha value is -1.27. The Morgan fingerprint density at radius 1 is 1.28 bits per heavy atom. The summed E-state index contributed by atoms with van der Waals surface area (Å²) in [5.41, 5.74) is 1.27. The zero-order valence-corrected chi connectivity index (χ0v) is 12.3. The van der Waals surface area contributed by atoms with Crippen molar-refractivity contribution < 1.29 is 9.90 Å². The van der Waals surface area contributed by atoms with Crippen molar-refractivity contribution in [3.8, 4) is 10.0 Å². The van der Waals surface area contributed by atoms with Gasteiger partial charge in [-0.3, -0.25) is 0 Å². The smallest absolute Gasteiger partial charge is 0.347 e. The molecule has 2 aromatic rings. The van der Waals surface area contributed by atoms with Crippen molar-refractivity contribution in [2.45, 2.75) is 33.1 Å².